The highest BCUT2D eigenvalue weighted by atomic mass is 32.2. The predicted octanol–water partition coefficient (Wildman–Crippen LogP) is 2.64. The first-order valence-corrected chi connectivity index (χ1v) is 9.68. The molecule has 6 heteroatoms. The van der Waals surface area contributed by atoms with Crippen LogP contribution in [0.5, 0.6) is 0 Å². The average Bonchev–Trinajstić information content (AvgIpc) is 2.57. The topological polar surface area (TPSA) is 79.3 Å². The number of pyridine rings is 1. The van der Waals surface area contributed by atoms with Crippen LogP contribution in [0.25, 0.3) is 11.1 Å². The molecule has 1 heterocycles. The second kappa shape index (κ2) is 7.01. The second-order valence-corrected chi connectivity index (χ2v) is 7.95. The number of sulfonamides is 1. The molecule has 0 aliphatic heterocycles. The smallest absolute Gasteiger partial charge is 0.241 e. The highest BCUT2D eigenvalue weighted by Gasteiger charge is 2.29. The number of rotatable bonds is 4. The van der Waals surface area contributed by atoms with Crippen LogP contribution in [0.2, 0.25) is 0 Å². The van der Waals surface area contributed by atoms with Gasteiger partial charge in [0.15, 0.2) is 0 Å². The van der Waals surface area contributed by atoms with Crippen molar-refractivity contribution >= 4 is 10.0 Å². The van der Waals surface area contributed by atoms with Gasteiger partial charge in [-0.2, -0.15) is 0 Å². The van der Waals surface area contributed by atoms with E-state index in [1.165, 1.54) is 0 Å². The minimum Gasteiger partial charge on any atom is -0.391 e. The Balaban J connectivity index is 2.01. The number of hydrogen-bond acceptors (Lipinski definition) is 4. The minimum absolute atomic E-state index is 0.230. The first kappa shape index (κ1) is 17.1. The number of nitrogens with zero attached hydrogens (tertiary/aromatic N) is 1. The number of benzene rings is 1. The Morgan fingerprint density at radius 3 is 2.67 bits per heavy atom. The Labute approximate surface area is 142 Å². The zero-order valence-electron chi connectivity index (χ0n) is 13.6. The van der Waals surface area contributed by atoms with Crippen LogP contribution in [0.3, 0.4) is 0 Å². The maximum atomic E-state index is 12.9. The molecule has 1 saturated carbocycles. The molecule has 128 valence electrons. The lowest BCUT2D eigenvalue weighted by Crippen LogP contribution is -2.45. The van der Waals surface area contributed by atoms with E-state index in [0.717, 1.165) is 24.0 Å². The molecule has 2 N–H and O–H groups in total. The van der Waals surface area contributed by atoms with Gasteiger partial charge in [-0.05, 0) is 37.5 Å². The molecule has 0 bridgehead atoms. The summed E-state index contributed by atoms with van der Waals surface area (Å²) < 4.78 is 28.6. The van der Waals surface area contributed by atoms with E-state index in [2.05, 4.69) is 9.71 Å². The summed E-state index contributed by atoms with van der Waals surface area (Å²) in [4.78, 5) is 4.33. The molecule has 0 spiro atoms. The summed E-state index contributed by atoms with van der Waals surface area (Å²) in [7, 11) is -3.73. The molecule has 5 nitrogen and oxygen atoms in total. The van der Waals surface area contributed by atoms with Gasteiger partial charge in [0.25, 0.3) is 0 Å². The SMILES string of the molecule is Cc1cccc(S(=O)(=O)NC2CCCCC2O)c1-c1cccnc1. The second-order valence-electron chi connectivity index (χ2n) is 6.27. The van der Waals surface area contributed by atoms with E-state index in [9.17, 15) is 13.5 Å². The summed E-state index contributed by atoms with van der Waals surface area (Å²) in [6.07, 6.45) is 5.85. The molecule has 24 heavy (non-hydrogen) atoms. The van der Waals surface area contributed by atoms with E-state index < -0.39 is 22.2 Å². The summed E-state index contributed by atoms with van der Waals surface area (Å²) >= 11 is 0. The molecular weight excluding hydrogens is 324 g/mol. The molecule has 0 saturated heterocycles. The van der Waals surface area contributed by atoms with Crippen LogP contribution in [0.1, 0.15) is 31.2 Å². The monoisotopic (exact) mass is 346 g/mol. The fraction of sp³-hybridized carbons (Fsp3) is 0.389. The number of aromatic nitrogens is 1. The van der Waals surface area contributed by atoms with Crippen molar-refractivity contribution in [3.63, 3.8) is 0 Å². The molecule has 2 aromatic rings. The van der Waals surface area contributed by atoms with Crippen molar-refractivity contribution in [2.45, 2.75) is 49.6 Å². The van der Waals surface area contributed by atoms with Crippen molar-refractivity contribution in [2.24, 2.45) is 0 Å². The fourth-order valence-corrected chi connectivity index (χ4v) is 4.86. The quantitative estimate of drug-likeness (QED) is 0.892. The first-order valence-electron chi connectivity index (χ1n) is 8.19. The molecule has 1 aromatic carbocycles. The zero-order chi connectivity index (χ0) is 17.2. The Kier molecular flexibility index (Phi) is 4.99. The lowest BCUT2D eigenvalue weighted by atomic mass is 9.93. The third-order valence-electron chi connectivity index (χ3n) is 4.51. The van der Waals surface area contributed by atoms with Crippen LogP contribution in [0, 0.1) is 6.92 Å². The highest BCUT2D eigenvalue weighted by Crippen LogP contribution is 2.31. The van der Waals surface area contributed by atoms with Crippen molar-refractivity contribution in [1.29, 1.82) is 0 Å². The van der Waals surface area contributed by atoms with Gasteiger partial charge >= 0.3 is 0 Å². The summed E-state index contributed by atoms with van der Waals surface area (Å²) in [6, 6.07) is 8.44. The molecule has 1 aliphatic rings. The number of aryl methyl sites for hydroxylation is 1. The molecule has 2 unspecified atom stereocenters. The maximum absolute atomic E-state index is 12.9. The molecule has 0 radical (unpaired) electrons. The van der Waals surface area contributed by atoms with E-state index in [1.807, 2.05) is 19.1 Å². The van der Waals surface area contributed by atoms with Crippen LogP contribution in [0.4, 0.5) is 0 Å². The molecule has 1 aromatic heterocycles. The van der Waals surface area contributed by atoms with Crippen LogP contribution < -0.4 is 4.72 Å². The van der Waals surface area contributed by atoms with Gasteiger partial charge in [0, 0.05) is 29.6 Å². The third kappa shape index (κ3) is 3.50. The molecule has 2 atom stereocenters. The van der Waals surface area contributed by atoms with Gasteiger partial charge in [0.05, 0.1) is 11.0 Å². The van der Waals surface area contributed by atoms with Crippen molar-refractivity contribution in [1.82, 2.24) is 9.71 Å². The average molecular weight is 346 g/mol. The van der Waals surface area contributed by atoms with Gasteiger partial charge in [-0.3, -0.25) is 4.98 Å². The van der Waals surface area contributed by atoms with E-state index in [1.54, 1.807) is 30.6 Å². The van der Waals surface area contributed by atoms with Gasteiger partial charge in [0.2, 0.25) is 10.0 Å². The van der Waals surface area contributed by atoms with Crippen molar-refractivity contribution in [3.8, 4) is 11.1 Å². The summed E-state index contributed by atoms with van der Waals surface area (Å²) in [5.41, 5.74) is 2.29. The van der Waals surface area contributed by atoms with Crippen LogP contribution in [0.15, 0.2) is 47.6 Å². The molecule has 1 fully saturated rings. The Morgan fingerprint density at radius 1 is 1.17 bits per heavy atom. The lowest BCUT2D eigenvalue weighted by molar-refractivity contribution is 0.101. The summed E-state index contributed by atoms with van der Waals surface area (Å²) in [6.45, 7) is 1.89. The van der Waals surface area contributed by atoms with Crippen LogP contribution in [-0.4, -0.2) is 30.7 Å². The highest BCUT2D eigenvalue weighted by molar-refractivity contribution is 7.89. The third-order valence-corrected chi connectivity index (χ3v) is 6.04. The largest absolute Gasteiger partial charge is 0.391 e. The normalized spacial score (nSPS) is 21.6. The Hall–Kier alpha value is -1.76. The molecule has 0 amide bonds. The zero-order valence-corrected chi connectivity index (χ0v) is 14.5. The number of aliphatic hydroxyl groups excluding tert-OH is 1. The van der Waals surface area contributed by atoms with E-state index in [4.69, 9.17) is 0 Å². The van der Waals surface area contributed by atoms with E-state index in [-0.39, 0.29) is 4.90 Å². The maximum Gasteiger partial charge on any atom is 0.241 e. The van der Waals surface area contributed by atoms with E-state index >= 15 is 0 Å². The van der Waals surface area contributed by atoms with Gasteiger partial charge in [-0.1, -0.05) is 31.0 Å². The van der Waals surface area contributed by atoms with Crippen LogP contribution in [-0.2, 0) is 10.0 Å². The van der Waals surface area contributed by atoms with Crippen molar-refractivity contribution < 1.29 is 13.5 Å². The summed E-state index contributed by atoms with van der Waals surface area (Å²) in [5, 5.41) is 10.1. The number of aliphatic hydroxyl groups is 1. The Bertz CT molecular complexity index is 806. The lowest BCUT2D eigenvalue weighted by Gasteiger charge is -2.28. The predicted molar refractivity (Wildman–Crippen MR) is 93.0 cm³/mol. The molecule has 3 rings (SSSR count). The fourth-order valence-electron chi connectivity index (χ4n) is 3.26. The van der Waals surface area contributed by atoms with Gasteiger partial charge in [0.1, 0.15) is 0 Å². The summed E-state index contributed by atoms with van der Waals surface area (Å²) in [5.74, 6) is 0. The standard InChI is InChI=1S/C18H22N2O3S/c1-13-6-4-10-17(18(13)14-7-5-11-19-12-14)24(22,23)20-15-8-2-3-9-16(15)21/h4-7,10-12,15-16,20-21H,2-3,8-9H2,1H3. The van der Waals surface area contributed by atoms with E-state index in [0.29, 0.717) is 18.4 Å². The van der Waals surface area contributed by atoms with Crippen molar-refractivity contribution in [3.05, 3.63) is 48.3 Å². The van der Waals surface area contributed by atoms with Crippen LogP contribution >= 0.6 is 0 Å². The first-order chi connectivity index (χ1) is 11.5. The van der Waals surface area contributed by atoms with Gasteiger partial charge in [-0.15, -0.1) is 0 Å². The minimum atomic E-state index is -3.73. The van der Waals surface area contributed by atoms with Gasteiger partial charge in [-0.25, -0.2) is 13.1 Å². The number of nitrogens with one attached hydrogen (secondary N) is 1. The number of hydrogen-bond donors (Lipinski definition) is 2. The molecule has 1 aliphatic carbocycles. The molecular formula is C18H22N2O3S. The van der Waals surface area contributed by atoms with Gasteiger partial charge < -0.3 is 5.11 Å². The van der Waals surface area contributed by atoms with Crippen molar-refractivity contribution in [2.75, 3.05) is 0 Å². The Morgan fingerprint density at radius 2 is 1.96 bits per heavy atom.